The molecule has 0 aliphatic heterocycles. The lowest BCUT2D eigenvalue weighted by atomic mass is 10.0. The highest BCUT2D eigenvalue weighted by molar-refractivity contribution is 5.91. The zero-order valence-electron chi connectivity index (χ0n) is 12.5. The zero-order chi connectivity index (χ0) is 15.9. The summed E-state index contributed by atoms with van der Waals surface area (Å²) in [5.74, 6) is 4.51. The fourth-order valence-electron chi connectivity index (χ4n) is 1.57. The van der Waals surface area contributed by atoms with Crippen LogP contribution in [-0.2, 0) is 9.53 Å². The standard InChI is InChI=1S/C16H20FNO3/c1-16(2,21-3)11-15(20)18-13-8-7-12(14(17)10-13)6-4-5-9-19/h7-8,10,19H,5,9,11H2,1-3H3,(H,18,20). The van der Waals surface area contributed by atoms with Crippen LogP contribution < -0.4 is 5.32 Å². The second-order valence-electron chi connectivity index (χ2n) is 5.16. The number of carbonyl (C=O) groups is 1. The molecule has 4 nitrogen and oxygen atoms in total. The molecule has 5 heteroatoms. The summed E-state index contributed by atoms with van der Waals surface area (Å²) in [5, 5.41) is 11.2. The number of carbonyl (C=O) groups excluding carboxylic acids is 1. The molecule has 0 aromatic heterocycles. The smallest absolute Gasteiger partial charge is 0.227 e. The Labute approximate surface area is 124 Å². The summed E-state index contributed by atoms with van der Waals surface area (Å²) >= 11 is 0. The van der Waals surface area contributed by atoms with Crippen LogP contribution in [0.3, 0.4) is 0 Å². The topological polar surface area (TPSA) is 58.6 Å². The minimum absolute atomic E-state index is 0.0575. The molecule has 0 spiro atoms. The number of halogens is 1. The van der Waals surface area contributed by atoms with Crippen LogP contribution in [0.4, 0.5) is 10.1 Å². The third-order valence-corrected chi connectivity index (χ3v) is 2.85. The summed E-state index contributed by atoms with van der Waals surface area (Å²) in [6.45, 7) is 3.54. The van der Waals surface area contributed by atoms with Crippen molar-refractivity contribution in [1.29, 1.82) is 0 Å². The number of nitrogens with one attached hydrogen (secondary N) is 1. The number of amides is 1. The van der Waals surface area contributed by atoms with Crippen LogP contribution in [0.2, 0.25) is 0 Å². The number of benzene rings is 1. The second kappa shape index (κ2) is 7.77. The molecule has 21 heavy (non-hydrogen) atoms. The molecule has 1 rings (SSSR count). The van der Waals surface area contributed by atoms with Gasteiger partial charge in [0.05, 0.1) is 24.2 Å². The third kappa shape index (κ3) is 5.94. The summed E-state index contributed by atoms with van der Waals surface area (Å²) in [5.41, 5.74) is 0.0361. The summed E-state index contributed by atoms with van der Waals surface area (Å²) in [6.07, 6.45) is 0.465. The lowest BCUT2D eigenvalue weighted by molar-refractivity contribution is -0.121. The molecule has 0 saturated heterocycles. The molecule has 0 bridgehead atoms. The van der Waals surface area contributed by atoms with E-state index < -0.39 is 11.4 Å². The van der Waals surface area contributed by atoms with E-state index in [0.29, 0.717) is 12.1 Å². The molecule has 1 aromatic carbocycles. The number of anilines is 1. The Morgan fingerprint density at radius 3 is 2.76 bits per heavy atom. The van der Waals surface area contributed by atoms with Gasteiger partial charge in [-0.25, -0.2) is 4.39 Å². The molecule has 1 amide bonds. The molecule has 0 heterocycles. The summed E-state index contributed by atoms with van der Waals surface area (Å²) in [7, 11) is 1.53. The molecule has 1 aromatic rings. The number of aliphatic hydroxyl groups is 1. The number of hydrogen-bond acceptors (Lipinski definition) is 3. The Balaban J connectivity index is 2.72. The lowest BCUT2D eigenvalue weighted by Crippen LogP contribution is -2.29. The van der Waals surface area contributed by atoms with Crippen molar-refractivity contribution in [3.63, 3.8) is 0 Å². The Kier molecular flexibility index (Phi) is 6.35. The second-order valence-corrected chi connectivity index (χ2v) is 5.16. The Bertz CT molecular complexity index is 558. The van der Waals surface area contributed by atoms with Crippen LogP contribution in [0.1, 0.15) is 32.3 Å². The van der Waals surface area contributed by atoms with Crippen molar-refractivity contribution in [3.05, 3.63) is 29.6 Å². The predicted molar refractivity (Wildman–Crippen MR) is 79.3 cm³/mol. The number of methoxy groups -OCH3 is 1. The van der Waals surface area contributed by atoms with E-state index in [4.69, 9.17) is 9.84 Å². The van der Waals surface area contributed by atoms with Crippen molar-refractivity contribution in [2.75, 3.05) is 19.0 Å². The fourth-order valence-corrected chi connectivity index (χ4v) is 1.57. The van der Waals surface area contributed by atoms with E-state index in [-0.39, 0.29) is 24.5 Å². The highest BCUT2D eigenvalue weighted by Gasteiger charge is 2.21. The molecule has 0 fully saturated rings. The van der Waals surface area contributed by atoms with Gasteiger partial charge in [-0.3, -0.25) is 4.79 Å². The quantitative estimate of drug-likeness (QED) is 0.819. The van der Waals surface area contributed by atoms with Crippen molar-refractivity contribution >= 4 is 11.6 Å². The first-order valence-corrected chi connectivity index (χ1v) is 6.62. The molecule has 0 saturated carbocycles. The van der Waals surface area contributed by atoms with Crippen molar-refractivity contribution < 1.29 is 19.0 Å². The largest absolute Gasteiger partial charge is 0.395 e. The molecular formula is C16H20FNO3. The molecule has 114 valence electrons. The molecular weight excluding hydrogens is 273 g/mol. The van der Waals surface area contributed by atoms with Crippen LogP contribution in [0.15, 0.2) is 18.2 Å². The van der Waals surface area contributed by atoms with Crippen molar-refractivity contribution in [3.8, 4) is 11.8 Å². The van der Waals surface area contributed by atoms with Crippen molar-refractivity contribution in [2.45, 2.75) is 32.3 Å². The van der Waals surface area contributed by atoms with E-state index in [9.17, 15) is 9.18 Å². The van der Waals surface area contributed by atoms with Crippen LogP contribution >= 0.6 is 0 Å². The number of ether oxygens (including phenoxy) is 1. The third-order valence-electron chi connectivity index (χ3n) is 2.85. The van der Waals surface area contributed by atoms with E-state index in [2.05, 4.69) is 17.2 Å². The van der Waals surface area contributed by atoms with Crippen molar-refractivity contribution in [1.82, 2.24) is 0 Å². The predicted octanol–water partition coefficient (Wildman–Crippen LogP) is 2.31. The highest BCUT2D eigenvalue weighted by atomic mass is 19.1. The average molecular weight is 293 g/mol. The first-order chi connectivity index (χ1) is 9.88. The van der Waals surface area contributed by atoms with Gasteiger partial charge in [0, 0.05) is 19.2 Å². The molecule has 2 N–H and O–H groups in total. The van der Waals surface area contributed by atoms with E-state index in [1.807, 2.05) is 0 Å². The average Bonchev–Trinajstić information content (AvgIpc) is 2.40. The van der Waals surface area contributed by atoms with Gasteiger partial charge in [0.1, 0.15) is 5.82 Å². The Morgan fingerprint density at radius 2 is 2.19 bits per heavy atom. The van der Waals surface area contributed by atoms with Gasteiger partial charge >= 0.3 is 0 Å². The minimum atomic E-state index is -0.571. The Hall–Kier alpha value is -1.90. The van der Waals surface area contributed by atoms with Gasteiger partial charge in [0.2, 0.25) is 5.91 Å². The summed E-state index contributed by atoms with van der Waals surface area (Å²) in [6, 6.07) is 4.31. The number of aliphatic hydroxyl groups excluding tert-OH is 1. The lowest BCUT2D eigenvalue weighted by Gasteiger charge is -2.21. The van der Waals surface area contributed by atoms with Crippen LogP contribution in [0.25, 0.3) is 0 Å². The number of hydrogen-bond donors (Lipinski definition) is 2. The molecule has 0 aliphatic carbocycles. The normalized spacial score (nSPS) is 10.7. The van der Waals surface area contributed by atoms with E-state index in [0.717, 1.165) is 0 Å². The first kappa shape index (κ1) is 17.2. The van der Waals surface area contributed by atoms with Gasteiger partial charge in [0.15, 0.2) is 0 Å². The molecule has 0 aliphatic rings. The number of rotatable bonds is 5. The van der Waals surface area contributed by atoms with Crippen LogP contribution in [0.5, 0.6) is 0 Å². The SMILES string of the molecule is COC(C)(C)CC(=O)Nc1ccc(C#CCCO)c(F)c1. The fraction of sp³-hybridized carbons (Fsp3) is 0.438. The highest BCUT2D eigenvalue weighted by Crippen LogP contribution is 2.17. The van der Waals surface area contributed by atoms with Crippen LogP contribution in [-0.4, -0.2) is 30.3 Å². The van der Waals surface area contributed by atoms with Gasteiger partial charge in [0.25, 0.3) is 0 Å². The Morgan fingerprint density at radius 1 is 1.48 bits per heavy atom. The first-order valence-electron chi connectivity index (χ1n) is 6.62. The monoisotopic (exact) mass is 293 g/mol. The van der Waals surface area contributed by atoms with E-state index in [1.165, 1.54) is 19.2 Å². The molecule has 0 unspecified atom stereocenters. The van der Waals surface area contributed by atoms with Gasteiger partial charge in [-0.05, 0) is 32.0 Å². The van der Waals surface area contributed by atoms with E-state index in [1.54, 1.807) is 19.9 Å². The zero-order valence-corrected chi connectivity index (χ0v) is 12.5. The van der Waals surface area contributed by atoms with Gasteiger partial charge in [-0.2, -0.15) is 0 Å². The van der Waals surface area contributed by atoms with E-state index >= 15 is 0 Å². The maximum atomic E-state index is 13.8. The summed E-state index contributed by atoms with van der Waals surface area (Å²) in [4.78, 5) is 11.8. The van der Waals surface area contributed by atoms with Gasteiger partial charge in [-0.15, -0.1) is 0 Å². The minimum Gasteiger partial charge on any atom is -0.395 e. The molecule has 0 radical (unpaired) electrons. The molecule has 0 atom stereocenters. The van der Waals surface area contributed by atoms with Crippen molar-refractivity contribution in [2.24, 2.45) is 0 Å². The van der Waals surface area contributed by atoms with Gasteiger partial charge < -0.3 is 15.2 Å². The maximum absolute atomic E-state index is 13.8. The van der Waals surface area contributed by atoms with Crippen LogP contribution in [0, 0.1) is 17.7 Å². The summed E-state index contributed by atoms with van der Waals surface area (Å²) < 4.78 is 19.0. The maximum Gasteiger partial charge on any atom is 0.227 e. The van der Waals surface area contributed by atoms with Gasteiger partial charge in [-0.1, -0.05) is 11.8 Å².